The molecule has 0 spiro atoms. The molecule has 0 aliphatic carbocycles. The molecule has 0 saturated carbocycles. The van der Waals surface area contributed by atoms with Crippen molar-refractivity contribution >= 4 is 10.2 Å². The minimum absolute atomic E-state index is 0.630. The van der Waals surface area contributed by atoms with Crippen molar-refractivity contribution in [3.63, 3.8) is 0 Å². The highest BCUT2D eigenvalue weighted by Crippen LogP contribution is 1.98. The first-order valence-corrected chi connectivity index (χ1v) is 4.54. The minimum atomic E-state index is 0.630. The maximum atomic E-state index is 4.86. The van der Waals surface area contributed by atoms with E-state index >= 15 is 0 Å². The predicted octanol–water partition coefficient (Wildman–Crippen LogP) is 0.294. The van der Waals surface area contributed by atoms with Crippen molar-refractivity contribution in [3.8, 4) is 0 Å². The van der Waals surface area contributed by atoms with Crippen LogP contribution in [0.3, 0.4) is 0 Å². The average Bonchev–Trinajstić information content (AvgIpc) is 1.91. The van der Waals surface area contributed by atoms with Gasteiger partial charge in [-0.05, 0) is 12.5 Å². The first-order chi connectivity index (χ1) is 4.35. The van der Waals surface area contributed by atoms with Gasteiger partial charge in [0.05, 0.1) is 14.2 Å². The van der Waals surface area contributed by atoms with Crippen molar-refractivity contribution in [2.24, 2.45) is 0 Å². The van der Waals surface area contributed by atoms with Gasteiger partial charge >= 0.3 is 0 Å². The molecular formula is C6H14O2Si. The van der Waals surface area contributed by atoms with Gasteiger partial charge < -0.3 is 9.47 Å². The standard InChI is InChI=1S/C6H14O2Si/c1-7-6(8-2)4-3-5-9/h4H,3,5H2,1-2,9H3. The van der Waals surface area contributed by atoms with E-state index < -0.39 is 0 Å². The number of allylic oxidation sites excluding steroid dienone is 1. The molecule has 0 fully saturated rings. The summed E-state index contributed by atoms with van der Waals surface area (Å²) >= 11 is 0. The molecule has 0 bridgehead atoms. The van der Waals surface area contributed by atoms with Crippen LogP contribution in [0.25, 0.3) is 0 Å². The quantitative estimate of drug-likeness (QED) is 0.419. The van der Waals surface area contributed by atoms with Crippen LogP contribution in [0.2, 0.25) is 6.04 Å². The first kappa shape index (κ1) is 8.56. The van der Waals surface area contributed by atoms with Crippen LogP contribution in [0.4, 0.5) is 0 Å². The Balaban J connectivity index is 3.48. The summed E-state index contributed by atoms with van der Waals surface area (Å²) in [5, 5.41) is 0. The zero-order chi connectivity index (χ0) is 7.11. The lowest BCUT2D eigenvalue weighted by Crippen LogP contribution is -1.88. The SMILES string of the molecule is COC(=CCC[SiH3])OC. The fourth-order valence-electron chi connectivity index (χ4n) is 0.512. The van der Waals surface area contributed by atoms with E-state index in [2.05, 4.69) is 0 Å². The molecule has 0 aromatic carbocycles. The number of hydrogen-bond donors (Lipinski definition) is 0. The Bertz CT molecular complexity index is 85.1. The van der Waals surface area contributed by atoms with Crippen LogP contribution in [0.1, 0.15) is 6.42 Å². The van der Waals surface area contributed by atoms with E-state index in [4.69, 9.17) is 9.47 Å². The molecular weight excluding hydrogens is 132 g/mol. The van der Waals surface area contributed by atoms with Crippen LogP contribution in [-0.2, 0) is 9.47 Å². The lowest BCUT2D eigenvalue weighted by Gasteiger charge is -2.01. The topological polar surface area (TPSA) is 18.5 Å². The predicted molar refractivity (Wildman–Crippen MR) is 41.5 cm³/mol. The van der Waals surface area contributed by atoms with E-state index in [9.17, 15) is 0 Å². The van der Waals surface area contributed by atoms with Gasteiger partial charge in [0.2, 0.25) is 0 Å². The van der Waals surface area contributed by atoms with E-state index in [0.29, 0.717) is 5.95 Å². The minimum Gasteiger partial charge on any atom is -0.469 e. The first-order valence-electron chi connectivity index (χ1n) is 3.13. The van der Waals surface area contributed by atoms with Crippen LogP contribution < -0.4 is 0 Å². The van der Waals surface area contributed by atoms with Crippen molar-refractivity contribution in [1.82, 2.24) is 0 Å². The lowest BCUT2D eigenvalue weighted by atomic mass is 10.5. The molecule has 54 valence electrons. The fraction of sp³-hybridized carbons (Fsp3) is 0.667. The second kappa shape index (κ2) is 5.69. The average molecular weight is 146 g/mol. The summed E-state index contributed by atoms with van der Waals surface area (Å²) in [5.74, 6) is 0.630. The van der Waals surface area contributed by atoms with E-state index in [0.717, 1.165) is 6.42 Å². The van der Waals surface area contributed by atoms with Gasteiger partial charge in [-0.3, -0.25) is 0 Å². The summed E-state index contributed by atoms with van der Waals surface area (Å²) in [7, 11) is 4.47. The molecule has 0 amide bonds. The number of methoxy groups -OCH3 is 2. The molecule has 3 heteroatoms. The zero-order valence-corrected chi connectivity index (χ0v) is 8.31. The summed E-state index contributed by atoms with van der Waals surface area (Å²) < 4.78 is 9.71. The highest BCUT2D eigenvalue weighted by molar-refractivity contribution is 6.08. The molecule has 0 atom stereocenters. The summed E-state index contributed by atoms with van der Waals surface area (Å²) in [5.41, 5.74) is 0. The van der Waals surface area contributed by atoms with Crippen LogP contribution in [0.15, 0.2) is 12.0 Å². The lowest BCUT2D eigenvalue weighted by molar-refractivity contribution is 0.0941. The van der Waals surface area contributed by atoms with Gasteiger partial charge in [-0.15, -0.1) is 0 Å². The molecule has 2 nitrogen and oxygen atoms in total. The van der Waals surface area contributed by atoms with E-state index in [1.807, 2.05) is 6.08 Å². The van der Waals surface area contributed by atoms with E-state index in [-0.39, 0.29) is 0 Å². The number of ether oxygens (including phenoxy) is 2. The smallest absolute Gasteiger partial charge is 0.274 e. The number of hydrogen-bond acceptors (Lipinski definition) is 2. The van der Waals surface area contributed by atoms with Crippen LogP contribution in [0.5, 0.6) is 0 Å². The third kappa shape index (κ3) is 4.09. The van der Waals surface area contributed by atoms with Gasteiger partial charge in [-0.1, -0.05) is 6.04 Å². The molecule has 0 saturated heterocycles. The van der Waals surface area contributed by atoms with Crippen molar-refractivity contribution < 1.29 is 9.47 Å². The highest BCUT2D eigenvalue weighted by atomic mass is 28.1. The second-order valence-electron chi connectivity index (χ2n) is 1.72. The third-order valence-corrected chi connectivity index (χ3v) is 1.58. The Labute approximate surface area is 59.3 Å². The highest BCUT2D eigenvalue weighted by Gasteiger charge is 1.88. The molecule has 0 aromatic rings. The fourth-order valence-corrected chi connectivity index (χ4v) is 0.801. The van der Waals surface area contributed by atoms with Gasteiger partial charge in [0.25, 0.3) is 5.95 Å². The van der Waals surface area contributed by atoms with Crippen molar-refractivity contribution in [1.29, 1.82) is 0 Å². The summed E-state index contributed by atoms with van der Waals surface area (Å²) in [4.78, 5) is 0. The van der Waals surface area contributed by atoms with Gasteiger partial charge in [0.15, 0.2) is 0 Å². The van der Waals surface area contributed by atoms with Gasteiger partial charge in [-0.25, -0.2) is 0 Å². The number of rotatable bonds is 4. The van der Waals surface area contributed by atoms with Crippen molar-refractivity contribution in [3.05, 3.63) is 12.0 Å². The largest absolute Gasteiger partial charge is 0.469 e. The van der Waals surface area contributed by atoms with Gasteiger partial charge in [0, 0.05) is 10.2 Å². The monoisotopic (exact) mass is 146 g/mol. The molecule has 0 heterocycles. The van der Waals surface area contributed by atoms with E-state index in [1.165, 1.54) is 16.3 Å². The van der Waals surface area contributed by atoms with Crippen molar-refractivity contribution in [2.45, 2.75) is 12.5 Å². The Morgan fingerprint density at radius 1 is 1.44 bits per heavy atom. The Kier molecular flexibility index (Phi) is 5.41. The third-order valence-electron chi connectivity index (χ3n) is 1.00. The Morgan fingerprint density at radius 3 is 2.33 bits per heavy atom. The zero-order valence-electron chi connectivity index (χ0n) is 6.31. The Morgan fingerprint density at radius 2 is 2.00 bits per heavy atom. The van der Waals surface area contributed by atoms with Gasteiger partial charge in [0.1, 0.15) is 0 Å². The van der Waals surface area contributed by atoms with Crippen molar-refractivity contribution in [2.75, 3.05) is 14.2 Å². The van der Waals surface area contributed by atoms with Gasteiger partial charge in [-0.2, -0.15) is 0 Å². The second-order valence-corrected chi connectivity index (χ2v) is 2.72. The molecule has 0 unspecified atom stereocenters. The summed E-state index contributed by atoms with van der Waals surface area (Å²) in [6, 6.07) is 1.26. The molecule has 9 heavy (non-hydrogen) atoms. The molecule has 0 rings (SSSR count). The molecule has 0 aliphatic heterocycles. The van der Waals surface area contributed by atoms with E-state index in [1.54, 1.807) is 14.2 Å². The maximum absolute atomic E-state index is 4.86. The Hall–Kier alpha value is -0.443. The maximum Gasteiger partial charge on any atom is 0.274 e. The summed E-state index contributed by atoms with van der Waals surface area (Å²) in [6.07, 6.45) is 3.04. The molecule has 0 aromatic heterocycles. The molecule has 0 aliphatic rings. The van der Waals surface area contributed by atoms with Crippen LogP contribution in [-0.4, -0.2) is 24.5 Å². The summed E-state index contributed by atoms with van der Waals surface area (Å²) in [6.45, 7) is 0. The molecule has 0 radical (unpaired) electrons. The van der Waals surface area contributed by atoms with Crippen LogP contribution in [0, 0.1) is 0 Å². The normalized spacial score (nSPS) is 8.67. The van der Waals surface area contributed by atoms with Crippen LogP contribution >= 0.6 is 0 Å². The molecule has 0 N–H and O–H groups in total.